The van der Waals surface area contributed by atoms with Crippen LogP contribution in [0, 0.1) is 0 Å². The highest BCUT2D eigenvalue weighted by Crippen LogP contribution is 2.62. The average Bonchev–Trinajstić information content (AvgIpc) is 3.37. The van der Waals surface area contributed by atoms with Gasteiger partial charge in [-0.15, -0.1) is 0 Å². The minimum Gasteiger partial charge on any atom is -0.0619 e. The van der Waals surface area contributed by atoms with Gasteiger partial charge < -0.3 is 0 Å². The monoisotopic (exact) mass is 510 g/mol. The maximum absolute atomic E-state index is 3.54. The average molecular weight is 511 g/mol. The molecule has 0 bridgehead atoms. The second kappa shape index (κ2) is 7.66. The van der Waals surface area contributed by atoms with Crippen LogP contribution in [0.25, 0.3) is 33.9 Å². The highest BCUT2D eigenvalue weighted by atomic mass is 79.9. The van der Waals surface area contributed by atoms with E-state index in [1.165, 1.54) is 61.2 Å². The summed E-state index contributed by atoms with van der Waals surface area (Å²) in [6.07, 6.45) is 2.28. The van der Waals surface area contributed by atoms with E-state index in [4.69, 9.17) is 0 Å². The summed E-state index contributed by atoms with van der Waals surface area (Å²) in [6.45, 7) is 2.22. The fraction of sp³-hybridized carbons (Fsp3) is 0.0588. The molecule has 7 rings (SSSR count). The first-order valence-electron chi connectivity index (χ1n) is 12.1. The fourth-order valence-electron chi connectivity index (χ4n) is 6.23. The first kappa shape index (κ1) is 20.7. The Labute approximate surface area is 214 Å². The van der Waals surface area contributed by atoms with Crippen LogP contribution in [-0.2, 0) is 5.41 Å². The van der Waals surface area contributed by atoms with Crippen LogP contribution in [0.5, 0.6) is 0 Å². The van der Waals surface area contributed by atoms with Crippen molar-refractivity contribution in [1.82, 2.24) is 0 Å². The molecule has 0 aliphatic heterocycles. The van der Waals surface area contributed by atoms with Gasteiger partial charge in [0.25, 0.3) is 0 Å². The van der Waals surface area contributed by atoms with Crippen LogP contribution in [0.1, 0.15) is 40.3 Å². The lowest BCUT2D eigenvalue weighted by molar-refractivity contribution is 0.793. The molecule has 0 fully saturated rings. The van der Waals surface area contributed by atoms with Crippen molar-refractivity contribution in [2.45, 2.75) is 12.3 Å². The van der Waals surface area contributed by atoms with Crippen LogP contribution >= 0.6 is 15.9 Å². The van der Waals surface area contributed by atoms with E-state index in [0.717, 1.165) is 4.47 Å². The first-order valence-corrected chi connectivity index (χ1v) is 12.9. The molecule has 166 valence electrons. The topological polar surface area (TPSA) is 0 Å². The van der Waals surface area contributed by atoms with Gasteiger partial charge >= 0.3 is 0 Å². The Kier molecular flexibility index (Phi) is 4.53. The van der Waals surface area contributed by atoms with E-state index in [-0.39, 0.29) is 5.41 Å². The molecule has 2 aliphatic rings. The summed E-state index contributed by atoms with van der Waals surface area (Å²) >= 11 is 3.54. The molecule has 0 atom stereocenters. The van der Waals surface area contributed by atoms with Crippen molar-refractivity contribution < 1.29 is 0 Å². The molecule has 0 unspecified atom stereocenters. The van der Waals surface area contributed by atoms with E-state index in [2.05, 4.69) is 144 Å². The van der Waals surface area contributed by atoms with Crippen molar-refractivity contribution in [2.24, 2.45) is 0 Å². The van der Waals surface area contributed by atoms with Gasteiger partial charge in [-0.2, -0.15) is 0 Å². The van der Waals surface area contributed by atoms with Gasteiger partial charge in [-0.05, 0) is 86.3 Å². The van der Waals surface area contributed by atoms with Crippen LogP contribution in [0.4, 0.5) is 0 Å². The zero-order chi connectivity index (χ0) is 23.6. The first-order chi connectivity index (χ1) is 17.2. The lowest BCUT2D eigenvalue weighted by Gasteiger charge is -2.30. The largest absolute Gasteiger partial charge is 0.0725 e. The van der Waals surface area contributed by atoms with E-state index in [9.17, 15) is 0 Å². The van der Waals surface area contributed by atoms with Crippen molar-refractivity contribution in [3.05, 3.63) is 153 Å². The standard InChI is InChI=1S/C34H23Br/c1-22(20-23-14-17-25(35)18-15-23)24-16-19-29-28-10-4-7-13-32(28)34(33(29)21-24)30-11-5-2-8-26(30)27-9-3-6-12-31(27)34/h2-21H,1H3. The number of hydrogen-bond donors (Lipinski definition) is 0. The van der Waals surface area contributed by atoms with Gasteiger partial charge in [-0.1, -0.05) is 119 Å². The van der Waals surface area contributed by atoms with Crippen molar-refractivity contribution in [3.63, 3.8) is 0 Å². The molecule has 5 aromatic rings. The zero-order valence-corrected chi connectivity index (χ0v) is 21.0. The highest BCUT2D eigenvalue weighted by Gasteiger charge is 2.51. The molecule has 2 aliphatic carbocycles. The molecule has 5 aromatic carbocycles. The van der Waals surface area contributed by atoms with Crippen molar-refractivity contribution in [3.8, 4) is 22.3 Å². The number of rotatable bonds is 2. The minimum absolute atomic E-state index is 0.285. The van der Waals surface area contributed by atoms with Crippen LogP contribution < -0.4 is 0 Å². The number of halogens is 1. The number of allylic oxidation sites excluding steroid dienone is 1. The third-order valence-electron chi connectivity index (χ3n) is 7.71. The van der Waals surface area contributed by atoms with Crippen molar-refractivity contribution in [1.29, 1.82) is 0 Å². The molecular weight excluding hydrogens is 488 g/mol. The van der Waals surface area contributed by atoms with Crippen molar-refractivity contribution in [2.75, 3.05) is 0 Å². The third kappa shape index (κ3) is 2.85. The predicted molar refractivity (Wildman–Crippen MR) is 150 cm³/mol. The van der Waals surface area contributed by atoms with Gasteiger partial charge in [0.05, 0.1) is 5.41 Å². The fourth-order valence-corrected chi connectivity index (χ4v) is 6.50. The maximum Gasteiger partial charge on any atom is 0.0725 e. The summed E-state index contributed by atoms with van der Waals surface area (Å²) in [5.74, 6) is 0. The molecule has 0 aromatic heterocycles. The summed E-state index contributed by atoms with van der Waals surface area (Å²) in [5.41, 5.74) is 14.4. The Balaban J connectivity index is 1.51. The number of fused-ring (bicyclic) bond motifs is 10. The molecule has 0 saturated carbocycles. The zero-order valence-electron chi connectivity index (χ0n) is 19.4. The van der Waals surface area contributed by atoms with E-state index in [1.807, 2.05) is 0 Å². The van der Waals surface area contributed by atoms with E-state index in [0.29, 0.717) is 0 Å². The maximum atomic E-state index is 3.54. The Bertz CT molecular complexity index is 1590. The molecule has 0 radical (unpaired) electrons. The lowest BCUT2D eigenvalue weighted by atomic mass is 9.70. The number of hydrogen-bond acceptors (Lipinski definition) is 0. The van der Waals surface area contributed by atoms with Crippen LogP contribution in [0.15, 0.2) is 120 Å². The summed E-state index contributed by atoms with van der Waals surface area (Å²) in [6, 6.07) is 42.5. The molecule has 0 heterocycles. The summed E-state index contributed by atoms with van der Waals surface area (Å²) in [4.78, 5) is 0. The minimum atomic E-state index is -0.285. The van der Waals surface area contributed by atoms with Crippen LogP contribution in [-0.4, -0.2) is 0 Å². The Morgan fingerprint density at radius 1 is 0.571 bits per heavy atom. The normalized spacial score (nSPS) is 14.4. The summed E-state index contributed by atoms with van der Waals surface area (Å²) < 4.78 is 1.10. The van der Waals surface area contributed by atoms with E-state index < -0.39 is 0 Å². The second-order valence-corrected chi connectivity index (χ2v) is 10.4. The second-order valence-electron chi connectivity index (χ2n) is 9.53. The molecule has 0 N–H and O–H groups in total. The number of benzene rings is 5. The molecule has 0 saturated heterocycles. The molecule has 0 nitrogen and oxygen atoms in total. The summed E-state index contributed by atoms with van der Waals surface area (Å²) in [7, 11) is 0. The van der Waals surface area contributed by atoms with Gasteiger partial charge in [0.1, 0.15) is 0 Å². The Morgan fingerprint density at radius 3 is 1.60 bits per heavy atom. The predicted octanol–water partition coefficient (Wildman–Crippen LogP) is 9.35. The Hall–Kier alpha value is -3.68. The third-order valence-corrected chi connectivity index (χ3v) is 8.23. The van der Waals surface area contributed by atoms with Gasteiger partial charge in [-0.3, -0.25) is 0 Å². The van der Waals surface area contributed by atoms with Crippen LogP contribution in [0.2, 0.25) is 0 Å². The van der Waals surface area contributed by atoms with Gasteiger partial charge in [0.15, 0.2) is 0 Å². The summed E-state index contributed by atoms with van der Waals surface area (Å²) in [5, 5.41) is 0. The molecular formula is C34H23Br. The van der Waals surface area contributed by atoms with Crippen molar-refractivity contribution >= 4 is 27.6 Å². The molecule has 1 spiro atoms. The SMILES string of the molecule is CC(=Cc1ccc(Br)cc1)c1ccc2c(c1)C1(c3ccccc3-c3ccccc31)c1ccccc1-2. The van der Waals surface area contributed by atoms with Gasteiger partial charge in [0, 0.05) is 4.47 Å². The van der Waals surface area contributed by atoms with E-state index >= 15 is 0 Å². The van der Waals surface area contributed by atoms with Gasteiger partial charge in [-0.25, -0.2) is 0 Å². The van der Waals surface area contributed by atoms with E-state index in [1.54, 1.807) is 0 Å². The van der Waals surface area contributed by atoms with Gasteiger partial charge in [0.2, 0.25) is 0 Å². The molecule has 0 amide bonds. The quantitative estimate of drug-likeness (QED) is 0.203. The highest BCUT2D eigenvalue weighted by molar-refractivity contribution is 9.10. The Morgan fingerprint density at radius 2 is 1.06 bits per heavy atom. The lowest BCUT2D eigenvalue weighted by Crippen LogP contribution is -2.25. The molecule has 1 heteroatoms. The van der Waals surface area contributed by atoms with Crippen LogP contribution in [0.3, 0.4) is 0 Å². The smallest absolute Gasteiger partial charge is 0.0619 e. The molecule has 35 heavy (non-hydrogen) atoms.